The summed E-state index contributed by atoms with van der Waals surface area (Å²) in [5.41, 5.74) is 3.33. The van der Waals surface area contributed by atoms with Gasteiger partial charge in [-0.05, 0) is 61.7 Å². The van der Waals surface area contributed by atoms with E-state index in [0.717, 1.165) is 36.2 Å². The van der Waals surface area contributed by atoms with E-state index < -0.39 is 0 Å². The van der Waals surface area contributed by atoms with Crippen LogP contribution in [0.3, 0.4) is 0 Å². The molecule has 1 aliphatic rings. The van der Waals surface area contributed by atoms with E-state index in [4.69, 9.17) is 4.74 Å². The van der Waals surface area contributed by atoms with Crippen LogP contribution >= 0.6 is 0 Å². The van der Waals surface area contributed by atoms with Crippen LogP contribution < -0.4 is 14.5 Å². The Morgan fingerprint density at radius 1 is 0.971 bits per heavy atom. The van der Waals surface area contributed by atoms with Gasteiger partial charge in [-0.2, -0.15) is 0 Å². The number of nitrogens with zero attached hydrogens (tertiary/aromatic N) is 2. The number of unbranched alkanes of at least 4 members (excludes halogenated alkanes) is 2. The van der Waals surface area contributed by atoms with Crippen LogP contribution in [0.5, 0.6) is 5.75 Å². The lowest BCUT2D eigenvalue weighted by Crippen LogP contribution is -2.47. The fourth-order valence-electron chi connectivity index (χ4n) is 4.96. The molecule has 3 aromatic rings. The highest BCUT2D eigenvalue weighted by atomic mass is 16.5. The minimum atomic E-state index is -0.146. The first kappa shape index (κ1) is 24.5. The van der Waals surface area contributed by atoms with Crippen molar-refractivity contribution in [1.82, 2.24) is 0 Å². The van der Waals surface area contributed by atoms with E-state index in [1.807, 2.05) is 82.6 Å². The fraction of sp³-hybridized carbons (Fsp3) is 0.333. The zero-order chi connectivity index (χ0) is 24.8. The van der Waals surface area contributed by atoms with Gasteiger partial charge in [0.2, 0.25) is 5.91 Å². The lowest BCUT2D eigenvalue weighted by Gasteiger charge is -2.43. The molecule has 2 atom stereocenters. The second kappa shape index (κ2) is 11.2. The predicted octanol–water partition coefficient (Wildman–Crippen LogP) is 6.79. The highest BCUT2D eigenvalue weighted by Gasteiger charge is 2.38. The third kappa shape index (κ3) is 5.24. The van der Waals surface area contributed by atoms with Crippen LogP contribution in [0.15, 0.2) is 78.9 Å². The van der Waals surface area contributed by atoms with Crippen molar-refractivity contribution < 1.29 is 14.3 Å². The largest absolute Gasteiger partial charge is 0.497 e. The summed E-state index contributed by atoms with van der Waals surface area (Å²) in [6.45, 7) is 4.21. The molecule has 1 heterocycles. The van der Waals surface area contributed by atoms with Crippen LogP contribution in [-0.2, 0) is 4.79 Å². The Balaban J connectivity index is 1.73. The van der Waals surface area contributed by atoms with Crippen LogP contribution in [0, 0.1) is 0 Å². The van der Waals surface area contributed by atoms with Gasteiger partial charge in [-0.1, -0.05) is 62.2 Å². The molecule has 4 rings (SSSR count). The molecule has 5 nitrogen and oxygen atoms in total. The fourth-order valence-corrected chi connectivity index (χ4v) is 4.96. The van der Waals surface area contributed by atoms with Gasteiger partial charge in [0.1, 0.15) is 5.75 Å². The number of methoxy groups -OCH3 is 1. The molecule has 35 heavy (non-hydrogen) atoms. The van der Waals surface area contributed by atoms with E-state index in [1.165, 1.54) is 0 Å². The topological polar surface area (TPSA) is 49.9 Å². The van der Waals surface area contributed by atoms with Gasteiger partial charge in [0, 0.05) is 29.4 Å². The van der Waals surface area contributed by atoms with E-state index >= 15 is 0 Å². The Bertz CT molecular complexity index is 1160. The normalized spacial score (nSPS) is 16.9. The molecular formula is C30H34N2O3. The molecule has 0 aliphatic carbocycles. The number of carbonyl (C=O) groups is 2. The van der Waals surface area contributed by atoms with Gasteiger partial charge in [0.25, 0.3) is 5.91 Å². The first-order chi connectivity index (χ1) is 17.0. The minimum Gasteiger partial charge on any atom is -0.497 e. The standard InChI is InChI=1S/C30H34N2O3/c1-4-5-7-19-29(33)32(24-14-8-6-9-15-24)28-20-22(2)31(27-18-11-10-17-26(27)28)30(34)23-13-12-16-25(21-23)35-3/h6,8-18,21-22,28H,4-5,7,19-20H2,1-3H3. The lowest BCUT2D eigenvalue weighted by atomic mass is 9.89. The van der Waals surface area contributed by atoms with E-state index in [0.29, 0.717) is 24.2 Å². The molecule has 1 aliphatic heterocycles. The molecule has 0 N–H and O–H groups in total. The Morgan fingerprint density at radius 2 is 1.71 bits per heavy atom. The van der Waals surface area contributed by atoms with E-state index in [2.05, 4.69) is 13.8 Å². The zero-order valence-corrected chi connectivity index (χ0v) is 20.8. The lowest BCUT2D eigenvalue weighted by molar-refractivity contribution is -0.119. The van der Waals surface area contributed by atoms with Crippen molar-refractivity contribution in [3.05, 3.63) is 90.0 Å². The van der Waals surface area contributed by atoms with Gasteiger partial charge in [-0.25, -0.2) is 0 Å². The number of ether oxygens (including phenoxy) is 1. The quantitative estimate of drug-likeness (QED) is 0.341. The second-order valence-corrected chi connectivity index (χ2v) is 9.12. The number of anilines is 2. The van der Waals surface area contributed by atoms with Crippen LogP contribution in [0.1, 0.15) is 67.9 Å². The molecule has 0 fully saturated rings. The molecule has 182 valence electrons. The maximum atomic E-state index is 13.7. The number of rotatable bonds is 8. The zero-order valence-electron chi connectivity index (χ0n) is 20.8. The van der Waals surface area contributed by atoms with Crippen LogP contribution in [-0.4, -0.2) is 25.0 Å². The molecule has 2 unspecified atom stereocenters. The summed E-state index contributed by atoms with van der Waals surface area (Å²) in [4.78, 5) is 31.1. The number of hydrogen-bond acceptors (Lipinski definition) is 3. The maximum absolute atomic E-state index is 13.7. The summed E-state index contributed by atoms with van der Waals surface area (Å²) in [6.07, 6.45) is 4.16. The number of amides is 2. The van der Waals surface area contributed by atoms with E-state index in [-0.39, 0.29) is 23.9 Å². The summed E-state index contributed by atoms with van der Waals surface area (Å²) in [5.74, 6) is 0.715. The van der Waals surface area contributed by atoms with Crippen LogP contribution in [0.25, 0.3) is 0 Å². The SMILES string of the molecule is CCCCCC(=O)N(c1ccccc1)C1CC(C)N(C(=O)c2cccc(OC)c2)c2ccccc21. The van der Waals surface area contributed by atoms with Crippen molar-refractivity contribution in [3.8, 4) is 5.75 Å². The van der Waals surface area contributed by atoms with Gasteiger partial charge < -0.3 is 14.5 Å². The Kier molecular flexibility index (Phi) is 7.86. The van der Waals surface area contributed by atoms with Gasteiger partial charge in [0.05, 0.1) is 13.2 Å². The third-order valence-electron chi connectivity index (χ3n) is 6.70. The number of fused-ring (bicyclic) bond motifs is 1. The monoisotopic (exact) mass is 470 g/mol. The number of para-hydroxylation sites is 2. The summed E-state index contributed by atoms with van der Waals surface area (Å²) < 4.78 is 5.34. The average Bonchev–Trinajstić information content (AvgIpc) is 2.89. The summed E-state index contributed by atoms with van der Waals surface area (Å²) in [6, 6.07) is 24.9. The van der Waals surface area contributed by atoms with Crippen molar-refractivity contribution >= 4 is 23.2 Å². The van der Waals surface area contributed by atoms with Crippen molar-refractivity contribution in [2.75, 3.05) is 16.9 Å². The molecule has 0 saturated heterocycles. The average molecular weight is 471 g/mol. The van der Waals surface area contributed by atoms with Gasteiger partial charge >= 0.3 is 0 Å². The third-order valence-corrected chi connectivity index (χ3v) is 6.70. The second-order valence-electron chi connectivity index (χ2n) is 9.12. The van der Waals surface area contributed by atoms with E-state index in [9.17, 15) is 9.59 Å². The van der Waals surface area contributed by atoms with Crippen molar-refractivity contribution in [1.29, 1.82) is 0 Å². The molecule has 2 amide bonds. The molecule has 0 radical (unpaired) electrons. The van der Waals surface area contributed by atoms with Gasteiger partial charge in [-0.3, -0.25) is 9.59 Å². The number of carbonyl (C=O) groups excluding carboxylic acids is 2. The van der Waals surface area contributed by atoms with Crippen LogP contribution in [0.2, 0.25) is 0 Å². The molecule has 3 aromatic carbocycles. The Labute approximate surface area is 208 Å². The summed E-state index contributed by atoms with van der Waals surface area (Å²) in [7, 11) is 1.60. The van der Waals surface area contributed by atoms with Crippen molar-refractivity contribution in [2.45, 2.75) is 58.0 Å². The highest BCUT2D eigenvalue weighted by Crippen LogP contribution is 2.43. The molecule has 0 aromatic heterocycles. The smallest absolute Gasteiger partial charge is 0.258 e. The highest BCUT2D eigenvalue weighted by molar-refractivity contribution is 6.08. The maximum Gasteiger partial charge on any atom is 0.258 e. The number of benzene rings is 3. The molecule has 0 spiro atoms. The number of hydrogen-bond donors (Lipinski definition) is 0. The van der Waals surface area contributed by atoms with E-state index in [1.54, 1.807) is 13.2 Å². The Hall–Kier alpha value is -3.60. The van der Waals surface area contributed by atoms with Crippen LogP contribution in [0.4, 0.5) is 11.4 Å². The first-order valence-corrected chi connectivity index (χ1v) is 12.5. The molecule has 0 saturated carbocycles. The molecular weight excluding hydrogens is 436 g/mol. The van der Waals surface area contributed by atoms with Crippen molar-refractivity contribution in [2.24, 2.45) is 0 Å². The van der Waals surface area contributed by atoms with Gasteiger partial charge in [-0.15, -0.1) is 0 Å². The molecule has 0 bridgehead atoms. The summed E-state index contributed by atoms with van der Waals surface area (Å²) in [5, 5.41) is 0. The predicted molar refractivity (Wildman–Crippen MR) is 141 cm³/mol. The Morgan fingerprint density at radius 3 is 2.46 bits per heavy atom. The first-order valence-electron chi connectivity index (χ1n) is 12.5. The summed E-state index contributed by atoms with van der Waals surface area (Å²) >= 11 is 0. The molecule has 5 heteroatoms. The van der Waals surface area contributed by atoms with Crippen molar-refractivity contribution in [3.63, 3.8) is 0 Å². The minimum absolute atomic E-state index is 0.0668. The van der Waals surface area contributed by atoms with Gasteiger partial charge in [0.15, 0.2) is 0 Å².